The third-order valence-corrected chi connectivity index (χ3v) is 2.74. The Balaban J connectivity index is 2.25. The first kappa shape index (κ1) is 12.0. The minimum atomic E-state index is -0.511. The molecule has 4 nitrogen and oxygen atoms in total. The number of rotatable bonds is 3. The van der Waals surface area contributed by atoms with Gasteiger partial charge in [0.1, 0.15) is 0 Å². The number of nitrogens with two attached hydrogens (primary N) is 3. The molecule has 0 fully saturated rings. The quantitative estimate of drug-likeness (QED) is 0.711. The summed E-state index contributed by atoms with van der Waals surface area (Å²) < 4.78 is 0. The Hall–Kier alpha value is -2.49. The van der Waals surface area contributed by atoms with Crippen LogP contribution in [0.5, 0.6) is 0 Å². The second-order valence-electron chi connectivity index (χ2n) is 4.21. The average molecular weight is 241 g/mol. The number of nitrogen functional groups attached to an aromatic ring is 2. The molecule has 2 aromatic rings. The molecule has 2 aromatic carbocycles. The van der Waals surface area contributed by atoms with Gasteiger partial charge in [-0.15, -0.1) is 0 Å². The third-order valence-electron chi connectivity index (χ3n) is 2.74. The summed E-state index contributed by atoms with van der Waals surface area (Å²) >= 11 is 0. The maximum Gasteiger partial charge on any atom is 0.250 e. The zero-order valence-corrected chi connectivity index (χ0v) is 9.89. The lowest BCUT2D eigenvalue weighted by molar-refractivity contribution is 0.100. The highest BCUT2D eigenvalue weighted by Gasteiger charge is 2.06. The number of hydrogen-bond donors (Lipinski definition) is 3. The molecule has 1 amide bonds. The van der Waals surface area contributed by atoms with Crippen LogP contribution in [-0.2, 0) is 6.42 Å². The molecule has 0 aliphatic heterocycles. The van der Waals surface area contributed by atoms with Crippen LogP contribution in [0, 0.1) is 0 Å². The number of benzene rings is 2. The fraction of sp³-hybridized carbons (Fsp3) is 0.0714. The molecule has 18 heavy (non-hydrogen) atoms. The van der Waals surface area contributed by atoms with Gasteiger partial charge < -0.3 is 17.2 Å². The Morgan fingerprint density at radius 2 is 1.72 bits per heavy atom. The van der Waals surface area contributed by atoms with Gasteiger partial charge in [-0.1, -0.05) is 18.2 Å². The van der Waals surface area contributed by atoms with Crippen molar-refractivity contribution in [2.45, 2.75) is 6.42 Å². The summed E-state index contributed by atoms with van der Waals surface area (Å²) in [6, 6.07) is 12.9. The van der Waals surface area contributed by atoms with E-state index in [4.69, 9.17) is 17.2 Å². The molecule has 0 unspecified atom stereocenters. The first-order valence-electron chi connectivity index (χ1n) is 5.59. The molecule has 0 heterocycles. The fourth-order valence-corrected chi connectivity index (χ4v) is 1.89. The van der Waals surface area contributed by atoms with Crippen LogP contribution in [0.15, 0.2) is 42.5 Å². The monoisotopic (exact) mass is 241 g/mol. The molecule has 92 valence electrons. The normalized spacial score (nSPS) is 10.2. The van der Waals surface area contributed by atoms with Crippen molar-refractivity contribution in [2.75, 3.05) is 11.5 Å². The van der Waals surface area contributed by atoms with Crippen LogP contribution in [0.1, 0.15) is 21.5 Å². The number of hydrogen-bond acceptors (Lipinski definition) is 3. The number of carbonyl (C=O) groups is 1. The number of primary amides is 1. The Morgan fingerprint density at radius 3 is 2.33 bits per heavy atom. The average Bonchev–Trinajstić information content (AvgIpc) is 2.28. The van der Waals surface area contributed by atoms with E-state index in [2.05, 4.69) is 0 Å². The van der Waals surface area contributed by atoms with Crippen LogP contribution in [0.2, 0.25) is 0 Å². The van der Waals surface area contributed by atoms with Gasteiger partial charge in [0.05, 0.1) is 5.56 Å². The van der Waals surface area contributed by atoms with E-state index in [0.29, 0.717) is 17.7 Å². The summed E-state index contributed by atoms with van der Waals surface area (Å²) in [6.07, 6.45) is 0.717. The lowest BCUT2D eigenvalue weighted by Gasteiger charge is -2.06. The van der Waals surface area contributed by atoms with Gasteiger partial charge in [-0.2, -0.15) is 0 Å². The highest BCUT2D eigenvalue weighted by molar-refractivity contribution is 5.98. The van der Waals surface area contributed by atoms with Gasteiger partial charge in [0.2, 0.25) is 0 Å². The highest BCUT2D eigenvalue weighted by atomic mass is 16.1. The van der Waals surface area contributed by atoms with E-state index in [-0.39, 0.29) is 0 Å². The first-order chi connectivity index (χ1) is 8.56. The van der Waals surface area contributed by atoms with Crippen LogP contribution in [0.4, 0.5) is 11.4 Å². The van der Waals surface area contributed by atoms with Gasteiger partial charge in [0, 0.05) is 11.4 Å². The standard InChI is InChI=1S/C14H15N3O/c15-11-3-1-2-9(7-11)6-10-4-5-12(14(17)18)13(16)8-10/h1-5,7-8H,6,15-16H2,(H2,17,18). The van der Waals surface area contributed by atoms with E-state index in [9.17, 15) is 4.79 Å². The van der Waals surface area contributed by atoms with Crippen molar-refractivity contribution < 1.29 is 4.79 Å². The molecule has 0 aromatic heterocycles. The van der Waals surface area contributed by atoms with Crippen LogP contribution >= 0.6 is 0 Å². The van der Waals surface area contributed by atoms with Gasteiger partial charge in [-0.25, -0.2) is 0 Å². The number of carbonyl (C=O) groups excluding carboxylic acids is 1. The molecule has 0 aliphatic carbocycles. The zero-order valence-electron chi connectivity index (χ0n) is 9.89. The smallest absolute Gasteiger partial charge is 0.250 e. The molecule has 0 radical (unpaired) electrons. The SMILES string of the molecule is NC(=O)c1ccc(Cc2cccc(N)c2)cc1N. The summed E-state index contributed by atoms with van der Waals surface area (Å²) in [5, 5.41) is 0. The van der Waals surface area contributed by atoms with E-state index in [1.165, 1.54) is 0 Å². The van der Waals surface area contributed by atoms with Crippen molar-refractivity contribution in [3.8, 4) is 0 Å². The zero-order chi connectivity index (χ0) is 13.1. The van der Waals surface area contributed by atoms with Crippen LogP contribution < -0.4 is 17.2 Å². The molecular weight excluding hydrogens is 226 g/mol. The van der Waals surface area contributed by atoms with Gasteiger partial charge >= 0.3 is 0 Å². The second-order valence-corrected chi connectivity index (χ2v) is 4.21. The van der Waals surface area contributed by atoms with Crippen molar-refractivity contribution in [3.63, 3.8) is 0 Å². The van der Waals surface area contributed by atoms with Crippen molar-refractivity contribution in [1.29, 1.82) is 0 Å². The largest absolute Gasteiger partial charge is 0.399 e. The van der Waals surface area contributed by atoms with E-state index >= 15 is 0 Å². The lowest BCUT2D eigenvalue weighted by atomic mass is 10.0. The third kappa shape index (κ3) is 2.60. The highest BCUT2D eigenvalue weighted by Crippen LogP contribution is 2.17. The minimum Gasteiger partial charge on any atom is -0.399 e. The maximum atomic E-state index is 11.1. The van der Waals surface area contributed by atoms with E-state index in [0.717, 1.165) is 16.8 Å². The van der Waals surface area contributed by atoms with E-state index < -0.39 is 5.91 Å². The number of anilines is 2. The van der Waals surface area contributed by atoms with Crippen LogP contribution in [-0.4, -0.2) is 5.91 Å². The van der Waals surface area contributed by atoms with Gasteiger partial charge in [0.15, 0.2) is 0 Å². The summed E-state index contributed by atoms with van der Waals surface area (Å²) in [4.78, 5) is 11.1. The van der Waals surface area contributed by atoms with Crippen molar-refractivity contribution in [2.24, 2.45) is 5.73 Å². The summed E-state index contributed by atoms with van der Waals surface area (Å²) in [6.45, 7) is 0. The van der Waals surface area contributed by atoms with Crippen molar-refractivity contribution in [3.05, 3.63) is 59.2 Å². The molecule has 6 N–H and O–H groups in total. The van der Waals surface area contributed by atoms with Crippen LogP contribution in [0.25, 0.3) is 0 Å². The molecular formula is C14H15N3O. The second kappa shape index (κ2) is 4.79. The topological polar surface area (TPSA) is 95.1 Å². The summed E-state index contributed by atoms with van der Waals surface area (Å²) in [5.41, 5.74) is 20.3. The summed E-state index contributed by atoms with van der Waals surface area (Å²) in [5.74, 6) is -0.511. The molecule has 2 rings (SSSR count). The molecule has 0 atom stereocenters. The predicted octanol–water partition coefficient (Wildman–Crippen LogP) is 1.54. The Morgan fingerprint density at radius 1 is 1.00 bits per heavy atom. The molecule has 4 heteroatoms. The van der Waals surface area contributed by atoms with Gasteiger partial charge in [0.25, 0.3) is 5.91 Å². The Bertz CT molecular complexity index is 593. The first-order valence-corrected chi connectivity index (χ1v) is 5.59. The predicted molar refractivity (Wildman–Crippen MR) is 73.0 cm³/mol. The summed E-state index contributed by atoms with van der Waals surface area (Å²) in [7, 11) is 0. The van der Waals surface area contributed by atoms with Crippen molar-refractivity contribution >= 4 is 17.3 Å². The Labute approximate surface area is 105 Å². The fourth-order valence-electron chi connectivity index (χ4n) is 1.89. The van der Waals surface area contributed by atoms with Gasteiger partial charge in [-0.05, 0) is 41.8 Å². The molecule has 0 bridgehead atoms. The minimum absolute atomic E-state index is 0.353. The molecule has 0 saturated heterocycles. The van der Waals surface area contributed by atoms with E-state index in [1.807, 2.05) is 30.3 Å². The maximum absolute atomic E-state index is 11.1. The Kier molecular flexibility index (Phi) is 3.19. The van der Waals surface area contributed by atoms with Crippen LogP contribution in [0.3, 0.4) is 0 Å². The number of amides is 1. The lowest BCUT2D eigenvalue weighted by Crippen LogP contribution is -2.13. The van der Waals surface area contributed by atoms with Crippen molar-refractivity contribution in [1.82, 2.24) is 0 Å². The molecule has 0 spiro atoms. The van der Waals surface area contributed by atoms with E-state index in [1.54, 1.807) is 12.1 Å². The van der Waals surface area contributed by atoms with Gasteiger partial charge in [-0.3, -0.25) is 4.79 Å². The molecule has 0 saturated carbocycles. The molecule has 0 aliphatic rings.